The molecule has 2 aromatic carbocycles. The minimum absolute atomic E-state index is 0.0691. The zero-order valence-electron chi connectivity index (χ0n) is 26.9. The van der Waals surface area contributed by atoms with Gasteiger partial charge in [-0.25, -0.2) is 13.1 Å². The summed E-state index contributed by atoms with van der Waals surface area (Å²) >= 11 is 6.42. The van der Waals surface area contributed by atoms with Crippen molar-refractivity contribution in [2.75, 3.05) is 24.6 Å². The highest BCUT2D eigenvalue weighted by molar-refractivity contribution is 7.90. The normalized spacial score (nSPS) is 33.7. The Bertz CT molecular complexity index is 1590. The third kappa shape index (κ3) is 6.27. The van der Waals surface area contributed by atoms with E-state index in [-0.39, 0.29) is 34.1 Å². The summed E-state index contributed by atoms with van der Waals surface area (Å²) in [6.45, 7) is 10.0. The molecule has 4 aliphatic rings. The Morgan fingerprint density at radius 2 is 1.96 bits per heavy atom. The van der Waals surface area contributed by atoms with Gasteiger partial charge in [0, 0.05) is 29.1 Å². The number of ether oxygens (including phenoxy) is 1. The van der Waals surface area contributed by atoms with Gasteiger partial charge in [-0.05, 0) is 110 Å². The Balaban J connectivity index is 1.44. The number of allylic oxidation sites excluding steroid dienone is 1. The number of aliphatic hydroxyl groups excluding tert-OH is 1. The van der Waals surface area contributed by atoms with E-state index >= 15 is 0 Å². The third-order valence-corrected chi connectivity index (χ3v) is 13.2. The molecule has 2 heterocycles. The van der Waals surface area contributed by atoms with Gasteiger partial charge in [-0.15, -0.1) is 0 Å². The number of aliphatic hydroxyl groups is 1. The molecule has 2 aliphatic heterocycles. The van der Waals surface area contributed by atoms with Gasteiger partial charge in [-0.2, -0.15) is 0 Å². The van der Waals surface area contributed by atoms with Crippen LogP contribution in [0.3, 0.4) is 0 Å². The standard InChI is InChI=1S/C36H47ClN2O5S/c1-23(2)17-33-24(3)7-5-9-31(40)29-14-16-35(29,4)20-39-21-36(15-6-8-25-18-27(37)11-12-28(25)36)22-44-32-13-10-26(19-30(32)39)34(41)38-45(33,42)43/h5,9-13,18-19,23-24,29,31,33,40H,6-8,14-17,20-22H2,1-4H3,(H,38,41)/b9-5+/t24-,29-,31-,33?,35?,36-/m0/s1. The number of hydrogen-bond donors (Lipinski definition) is 2. The van der Waals surface area contributed by atoms with Crippen LogP contribution in [0, 0.1) is 23.2 Å². The molecule has 7 nitrogen and oxygen atoms in total. The van der Waals surface area contributed by atoms with Crippen molar-refractivity contribution in [2.24, 2.45) is 23.2 Å². The SMILES string of the molecule is CC(C)CC1[C@@H](C)C/C=C/[C@H](O)[C@@H]2CCC2(C)CN2C[C@@]3(CCCc4cc(Cl)ccc43)COc3ccc(cc32)C(=O)NS1(=O)=O. The molecule has 2 N–H and O–H groups in total. The van der Waals surface area contributed by atoms with E-state index in [1.807, 2.05) is 45.1 Å². The van der Waals surface area contributed by atoms with Gasteiger partial charge in [-0.1, -0.05) is 57.5 Å². The number of sulfonamides is 1. The summed E-state index contributed by atoms with van der Waals surface area (Å²) in [6, 6.07) is 11.5. The smallest absolute Gasteiger partial charge is 0.264 e. The van der Waals surface area contributed by atoms with E-state index in [2.05, 4.69) is 28.7 Å². The van der Waals surface area contributed by atoms with Crippen LogP contribution in [0.25, 0.3) is 0 Å². The van der Waals surface area contributed by atoms with Crippen molar-refractivity contribution in [3.63, 3.8) is 0 Å². The molecule has 1 spiro atoms. The van der Waals surface area contributed by atoms with E-state index in [4.69, 9.17) is 16.3 Å². The first-order chi connectivity index (χ1) is 21.3. The molecule has 0 saturated heterocycles. The van der Waals surface area contributed by atoms with Gasteiger partial charge in [0.05, 0.1) is 23.6 Å². The molecule has 0 radical (unpaired) electrons. The van der Waals surface area contributed by atoms with Crippen LogP contribution in [-0.2, 0) is 21.9 Å². The monoisotopic (exact) mass is 654 g/mol. The maximum Gasteiger partial charge on any atom is 0.264 e. The minimum Gasteiger partial charge on any atom is -0.490 e. The lowest BCUT2D eigenvalue weighted by molar-refractivity contribution is -0.0245. The molecule has 1 saturated carbocycles. The van der Waals surface area contributed by atoms with Crippen LogP contribution >= 0.6 is 11.6 Å². The second-order valence-electron chi connectivity index (χ2n) is 14.8. The molecular formula is C36H47ClN2O5S. The maximum atomic E-state index is 13.7. The van der Waals surface area contributed by atoms with Crippen molar-refractivity contribution in [3.8, 4) is 5.75 Å². The predicted molar refractivity (Wildman–Crippen MR) is 180 cm³/mol. The highest BCUT2D eigenvalue weighted by atomic mass is 35.5. The molecule has 2 aliphatic carbocycles. The number of carbonyl (C=O) groups is 1. The van der Waals surface area contributed by atoms with Crippen molar-refractivity contribution in [3.05, 3.63) is 70.3 Å². The average molecular weight is 655 g/mol. The Labute approximate surface area is 273 Å². The molecule has 2 aromatic rings. The molecular weight excluding hydrogens is 608 g/mol. The molecule has 6 atom stereocenters. The van der Waals surface area contributed by atoms with Crippen molar-refractivity contribution < 1.29 is 23.1 Å². The summed E-state index contributed by atoms with van der Waals surface area (Å²) in [5.74, 6) is 0.0223. The van der Waals surface area contributed by atoms with Crippen LogP contribution in [0.4, 0.5) is 5.69 Å². The summed E-state index contributed by atoms with van der Waals surface area (Å²) in [7, 11) is -3.98. The number of fused-ring (bicyclic) bond motifs is 4. The second kappa shape index (κ2) is 12.2. The zero-order chi connectivity index (χ0) is 32.1. The van der Waals surface area contributed by atoms with Gasteiger partial charge in [0.15, 0.2) is 0 Å². The fourth-order valence-corrected chi connectivity index (χ4v) is 10.4. The number of aryl methyl sites for hydroxylation is 1. The molecule has 2 unspecified atom stereocenters. The number of benzene rings is 2. The fourth-order valence-electron chi connectivity index (χ4n) is 8.36. The van der Waals surface area contributed by atoms with Crippen molar-refractivity contribution >= 4 is 33.2 Å². The minimum atomic E-state index is -3.98. The summed E-state index contributed by atoms with van der Waals surface area (Å²) < 4.78 is 36.4. The van der Waals surface area contributed by atoms with Crippen molar-refractivity contribution in [1.29, 1.82) is 0 Å². The van der Waals surface area contributed by atoms with Crippen LogP contribution in [0.1, 0.15) is 87.7 Å². The van der Waals surface area contributed by atoms with Gasteiger partial charge < -0.3 is 14.7 Å². The highest BCUT2D eigenvalue weighted by Crippen LogP contribution is 2.52. The number of hydrogen-bond acceptors (Lipinski definition) is 6. The lowest BCUT2D eigenvalue weighted by Gasteiger charge is -2.52. The van der Waals surface area contributed by atoms with Crippen LogP contribution in [-0.4, -0.2) is 50.5 Å². The quantitative estimate of drug-likeness (QED) is 0.352. The van der Waals surface area contributed by atoms with Gasteiger partial charge in [-0.3, -0.25) is 4.79 Å². The number of halogens is 1. The Kier molecular flexibility index (Phi) is 8.81. The lowest BCUT2D eigenvalue weighted by Crippen LogP contribution is -2.54. The fraction of sp³-hybridized carbons (Fsp3) is 0.583. The van der Waals surface area contributed by atoms with Gasteiger partial charge in [0.25, 0.3) is 5.91 Å². The van der Waals surface area contributed by atoms with Crippen molar-refractivity contribution in [2.45, 2.75) is 89.4 Å². The first-order valence-corrected chi connectivity index (χ1v) is 18.4. The summed E-state index contributed by atoms with van der Waals surface area (Å²) in [6.07, 6.45) is 8.97. The van der Waals surface area contributed by atoms with Gasteiger partial charge >= 0.3 is 0 Å². The number of carbonyl (C=O) groups excluding carboxylic acids is 1. The van der Waals surface area contributed by atoms with E-state index in [9.17, 15) is 18.3 Å². The number of anilines is 1. The van der Waals surface area contributed by atoms with Crippen molar-refractivity contribution in [1.82, 2.24) is 4.72 Å². The number of rotatable bonds is 2. The second-order valence-corrected chi connectivity index (χ2v) is 17.2. The van der Waals surface area contributed by atoms with Gasteiger partial charge in [0.1, 0.15) is 5.75 Å². The number of nitrogens with one attached hydrogen (secondary N) is 1. The Hall–Kier alpha value is -2.55. The topological polar surface area (TPSA) is 95.9 Å². The van der Waals surface area contributed by atoms with Crippen LogP contribution in [0.5, 0.6) is 5.75 Å². The van der Waals surface area contributed by atoms with Gasteiger partial charge in [0.2, 0.25) is 10.0 Å². The van der Waals surface area contributed by atoms with Crippen LogP contribution < -0.4 is 14.4 Å². The molecule has 9 heteroatoms. The molecule has 1 amide bonds. The Morgan fingerprint density at radius 1 is 1.16 bits per heavy atom. The summed E-state index contributed by atoms with van der Waals surface area (Å²) in [5, 5.41) is 11.4. The lowest BCUT2D eigenvalue weighted by atomic mass is 9.58. The van der Waals surface area contributed by atoms with E-state index in [1.165, 1.54) is 11.1 Å². The molecule has 244 valence electrons. The van der Waals surface area contributed by atoms with E-state index in [0.717, 1.165) is 42.8 Å². The largest absolute Gasteiger partial charge is 0.490 e. The highest BCUT2D eigenvalue weighted by Gasteiger charge is 2.49. The molecule has 45 heavy (non-hydrogen) atoms. The molecule has 2 bridgehead atoms. The van der Waals surface area contributed by atoms with Crippen LogP contribution in [0.2, 0.25) is 5.02 Å². The molecule has 1 fully saturated rings. The number of nitrogens with zero attached hydrogens (tertiary/aromatic N) is 1. The first-order valence-electron chi connectivity index (χ1n) is 16.5. The summed E-state index contributed by atoms with van der Waals surface area (Å²) in [4.78, 5) is 16.0. The molecule has 0 aromatic heterocycles. The van der Waals surface area contributed by atoms with E-state index in [1.54, 1.807) is 12.1 Å². The van der Waals surface area contributed by atoms with Crippen LogP contribution in [0.15, 0.2) is 48.6 Å². The average Bonchev–Trinajstić information content (AvgIpc) is 3.11. The number of amides is 1. The third-order valence-electron chi connectivity index (χ3n) is 11.0. The zero-order valence-corrected chi connectivity index (χ0v) is 28.5. The Morgan fingerprint density at radius 3 is 2.69 bits per heavy atom. The van der Waals surface area contributed by atoms with E-state index < -0.39 is 27.3 Å². The first kappa shape index (κ1) is 32.4. The molecule has 6 rings (SSSR count). The summed E-state index contributed by atoms with van der Waals surface area (Å²) in [5.41, 5.74) is 3.14. The van der Waals surface area contributed by atoms with E-state index in [0.29, 0.717) is 38.3 Å². The maximum absolute atomic E-state index is 13.7. The predicted octanol–water partition coefficient (Wildman–Crippen LogP) is 6.66.